The number of nitrogens with one attached hydrogen (secondary N) is 2. The van der Waals surface area contributed by atoms with Gasteiger partial charge in [0, 0.05) is 6.54 Å². The van der Waals surface area contributed by atoms with Crippen molar-refractivity contribution in [3.8, 4) is 0 Å². The summed E-state index contributed by atoms with van der Waals surface area (Å²) in [7, 11) is -10.7. The van der Waals surface area contributed by atoms with Crippen LogP contribution in [0.25, 0.3) is 0 Å². The number of aliphatic hydroxyl groups is 1. The Morgan fingerprint density at radius 1 is 1.11 bits per heavy atom. The molecule has 7 N–H and O–H groups in total. The maximum Gasteiger partial charge on any atom is 0.369 e. The molecule has 0 rings (SSSR count). The summed E-state index contributed by atoms with van der Waals surface area (Å²) in [5.74, 6) is 0.280. The summed E-state index contributed by atoms with van der Waals surface area (Å²) in [5.41, 5.74) is 0. The molecule has 114 valence electrons. The van der Waals surface area contributed by atoms with Crippen LogP contribution in [-0.2, 0) is 9.13 Å². The summed E-state index contributed by atoms with van der Waals surface area (Å²) in [5, 5.41) is 16.0. The van der Waals surface area contributed by atoms with E-state index >= 15 is 0 Å². The highest BCUT2D eigenvalue weighted by Crippen LogP contribution is 2.69. The van der Waals surface area contributed by atoms with Crippen molar-refractivity contribution >= 4 is 21.0 Å². The summed E-state index contributed by atoms with van der Waals surface area (Å²) in [4.78, 5) is 35.5. The minimum Gasteiger partial charge on any atom is -0.374 e. The maximum absolute atomic E-state index is 11.0. The standard InChI is InChI=1S/C8H20N2O7P2/c1-7(9)10-6-4-2-3-5-8(11,18(12,13)14)19(15,16)17/h11H,2-6H2,1H3,(H2,9,10)(H2,12,13,14)(H2,15,16,17). The number of unbranched alkanes of at least 4 members (excludes halogenated alkanes) is 2. The van der Waals surface area contributed by atoms with Crippen molar-refractivity contribution in [2.45, 2.75) is 37.7 Å². The third-order valence-electron chi connectivity index (χ3n) is 2.51. The fourth-order valence-electron chi connectivity index (χ4n) is 1.40. The van der Waals surface area contributed by atoms with Crippen LogP contribution >= 0.6 is 15.2 Å². The van der Waals surface area contributed by atoms with Crippen LogP contribution in [0.5, 0.6) is 0 Å². The van der Waals surface area contributed by atoms with E-state index in [2.05, 4.69) is 5.32 Å². The monoisotopic (exact) mass is 318 g/mol. The second-order valence-corrected chi connectivity index (χ2v) is 8.23. The molecular weight excluding hydrogens is 298 g/mol. The molecule has 0 heterocycles. The molecule has 0 aliphatic rings. The third-order valence-corrected chi connectivity index (χ3v) is 6.39. The van der Waals surface area contributed by atoms with E-state index in [0.29, 0.717) is 19.4 Å². The predicted molar refractivity (Wildman–Crippen MR) is 68.9 cm³/mol. The molecule has 0 spiro atoms. The normalized spacial score (nSPS) is 13.4. The molecule has 0 aromatic carbocycles. The van der Waals surface area contributed by atoms with Crippen LogP contribution in [0.3, 0.4) is 0 Å². The molecule has 9 nitrogen and oxygen atoms in total. The van der Waals surface area contributed by atoms with Crippen LogP contribution in [-0.4, -0.2) is 42.1 Å². The van der Waals surface area contributed by atoms with Crippen LogP contribution < -0.4 is 5.32 Å². The van der Waals surface area contributed by atoms with Gasteiger partial charge in [-0.05, 0) is 26.2 Å². The number of hydrogen-bond donors (Lipinski definition) is 7. The van der Waals surface area contributed by atoms with Gasteiger partial charge < -0.3 is 30.0 Å². The Labute approximate surface area is 110 Å². The van der Waals surface area contributed by atoms with Gasteiger partial charge >= 0.3 is 15.2 Å². The zero-order chi connectivity index (χ0) is 15.3. The first kappa shape index (κ1) is 18.7. The molecule has 0 saturated carbocycles. The molecule has 0 amide bonds. The zero-order valence-electron chi connectivity index (χ0n) is 10.5. The molecule has 0 aliphatic carbocycles. The van der Waals surface area contributed by atoms with Crippen molar-refractivity contribution in [1.82, 2.24) is 5.32 Å². The van der Waals surface area contributed by atoms with E-state index in [0.717, 1.165) is 0 Å². The Balaban J connectivity index is 4.37. The lowest BCUT2D eigenvalue weighted by Crippen LogP contribution is -2.28. The van der Waals surface area contributed by atoms with Gasteiger partial charge in [-0.2, -0.15) is 0 Å². The van der Waals surface area contributed by atoms with Gasteiger partial charge in [0.1, 0.15) is 0 Å². The highest BCUT2D eigenvalue weighted by molar-refractivity contribution is 7.72. The molecule has 0 aliphatic heterocycles. The molecule has 11 heteroatoms. The van der Waals surface area contributed by atoms with E-state index in [-0.39, 0.29) is 12.3 Å². The van der Waals surface area contributed by atoms with Crippen LogP contribution in [0.1, 0.15) is 32.6 Å². The Kier molecular flexibility index (Phi) is 6.85. The Hall–Kier alpha value is -0.270. The van der Waals surface area contributed by atoms with Gasteiger partial charge in [-0.25, -0.2) is 0 Å². The van der Waals surface area contributed by atoms with Gasteiger partial charge in [0.2, 0.25) is 0 Å². The first-order chi connectivity index (χ1) is 8.42. The molecule has 0 bridgehead atoms. The highest BCUT2D eigenvalue weighted by atomic mass is 31.2. The van der Waals surface area contributed by atoms with Crippen molar-refractivity contribution in [3.63, 3.8) is 0 Å². The summed E-state index contributed by atoms with van der Waals surface area (Å²) in [6, 6.07) is 0. The summed E-state index contributed by atoms with van der Waals surface area (Å²) in [6.07, 6.45) is 0.313. The Bertz CT molecular complexity index is 380. The van der Waals surface area contributed by atoms with E-state index in [9.17, 15) is 14.2 Å². The van der Waals surface area contributed by atoms with Gasteiger partial charge in [-0.15, -0.1) is 0 Å². The lowest BCUT2D eigenvalue weighted by molar-refractivity contribution is 0.120. The minimum atomic E-state index is -5.34. The lowest BCUT2D eigenvalue weighted by atomic mass is 10.2. The smallest absolute Gasteiger partial charge is 0.369 e. The fraction of sp³-hybridized carbons (Fsp3) is 0.875. The maximum atomic E-state index is 11.0. The van der Waals surface area contributed by atoms with E-state index in [1.54, 1.807) is 6.92 Å². The third kappa shape index (κ3) is 5.71. The zero-order valence-corrected chi connectivity index (χ0v) is 12.3. The van der Waals surface area contributed by atoms with Crippen molar-refractivity contribution in [3.05, 3.63) is 0 Å². The van der Waals surface area contributed by atoms with Crippen molar-refractivity contribution in [1.29, 1.82) is 5.41 Å². The molecule has 0 atom stereocenters. The molecule has 19 heavy (non-hydrogen) atoms. The van der Waals surface area contributed by atoms with Crippen LogP contribution in [0.15, 0.2) is 0 Å². The van der Waals surface area contributed by atoms with E-state index < -0.39 is 26.7 Å². The van der Waals surface area contributed by atoms with Crippen molar-refractivity contribution in [2.24, 2.45) is 0 Å². The van der Waals surface area contributed by atoms with Crippen LogP contribution in [0.2, 0.25) is 0 Å². The van der Waals surface area contributed by atoms with Gasteiger partial charge in [0.25, 0.3) is 5.08 Å². The SMILES string of the molecule is CC(=N)NCCCCCC(O)(P(=O)(O)O)P(=O)(O)O. The number of amidine groups is 1. The van der Waals surface area contributed by atoms with Gasteiger partial charge in [-0.1, -0.05) is 6.42 Å². The minimum absolute atomic E-state index is 0.0471. The molecular formula is C8H20N2O7P2. The summed E-state index contributed by atoms with van der Waals surface area (Å²) < 4.78 is 22.0. The molecule has 0 unspecified atom stereocenters. The summed E-state index contributed by atoms with van der Waals surface area (Å²) in [6.45, 7) is 2.03. The predicted octanol–water partition coefficient (Wildman–Crippen LogP) is 0.135. The summed E-state index contributed by atoms with van der Waals surface area (Å²) >= 11 is 0. The van der Waals surface area contributed by atoms with Gasteiger partial charge in [0.15, 0.2) is 0 Å². The van der Waals surface area contributed by atoms with E-state index in [4.69, 9.17) is 25.0 Å². The van der Waals surface area contributed by atoms with Gasteiger partial charge in [0.05, 0.1) is 5.84 Å². The molecule has 0 aromatic heterocycles. The topological polar surface area (TPSA) is 171 Å². The second kappa shape index (κ2) is 6.95. The largest absolute Gasteiger partial charge is 0.374 e. The highest BCUT2D eigenvalue weighted by Gasteiger charge is 2.58. The van der Waals surface area contributed by atoms with Crippen LogP contribution in [0, 0.1) is 5.41 Å². The van der Waals surface area contributed by atoms with E-state index in [1.165, 1.54) is 0 Å². The first-order valence-electron chi connectivity index (χ1n) is 5.54. The number of hydrogen-bond acceptors (Lipinski definition) is 4. The van der Waals surface area contributed by atoms with Gasteiger partial charge in [-0.3, -0.25) is 14.5 Å². The van der Waals surface area contributed by atoms with Crippen LogP contribution in [0.4, 0.5) is 0 Å². The molecule has 0 aromatic rings. The fourth-order valence-corrected chi connectivity index (χ4v) is 3.66. The average molecular weight is 318 g/mol. The molecule has 0 saturated heterocycles. The van der Waals surface area contributed by atoms with E-state index in [1.807, 2.05) is 0 Å². The van der Waals surface area contributed by atoms with Crippen molar-refractivity contribution < 1.29 is 33.8 Å². The average Bonchev–Trinajstić information content (AvgIpc) is 2.19. The first-order valence-corrected chi connectivity index (χ1v) is 8.77. The molecule has 0 radical (unpaired) electrons. The number of rotatable bonds is 8. The molecule has 0 fully saturated rings. The lowest BCUT2D eigenvalue weighted by Gasteiger charge is -2.29. The second-order valence-electron chi connectivity index (χ2n) is 4.22. The Morgan fingerprint density at radius 3 is 1.95 bits per heavy atom. The Morgan fingerprint density at radius 2 is 1.58 bits per heavy atom. The van der Waals surface area contributed by atoms with Crippen molar-refractivity contribution in [2.75, 3.05) is 6.54 Å². The quantitative estimate of drug-likeness (QED) is 0.143.